The van der Waals surface area contributed by atoms with Crippen LogP contribution < -0.4 is 11.3 Å². The quantitative estimate of drug-likeness (QED) is 0.119. The number of nitrogens with one attached hydrogen (secondary N) is 1. The number of nitrogen functional groups attached to an aromatic ring is 1. The van der Waals surface area contributed by atoms with E-state index in [1.165, 1.54) is 4.90 Å². The van der Waals surface area contributed by atoms with Crippen molar-refractivity contribution in [1.82, 2.24) is 20.3 Å². The molecule has 9 heteroatoms. The summed E-state index contributed by atoms with van der Waals surface area (Å²) in [5, 5.41) is 9.91. The molecule has 0 atom stereocenters. The number of aliphatic carboxylic acids is 1. The molecule has 9 nitrogen and oxygen atoms in total. The van der Waals surface area contributed by atoms with E-state index in [0.717, 1.165) is 16.7 Å². The zero-order valence-corrected chi connectivity index (χ0v) is 22.3. The van der Waals surface area contributed by atoms with Gasteiger partial charge in [0.15, 0.2) is 0 Å². The summed E-state index contributed by atoms with van der Waals surface area (Å²) in [4.78, 5) is 46.8. The third-order valence-electron chi connectivity index (χ3n) is 6.48. The van der Waals surface area contributed by atoms with Gasteiger partial charge in [0.05, 0.1) is 16.8 Å². The molecule has 206 valence electrons. The molecule has 2 heterocycles. The molecule has 2 aromatic heterocycles. The van der Waals surface area contributed by atoms with E-state index in [0.29, 0.717) is 33.3 Å². The van der Waals surface area contributed by atoms with E-state index in [4.69, 9.17) is 5.84 Å². The monoisotopic (exact) mass is 555 g/mol. The van der Waals surface area contributed by atoms with Crippen LogP contribution >= 0.6 is 0 Å². The molecule has 0 spiro atoms. The lowest BCUT2D eigenvalue weighted by atomic mass is 10.0. The molecular weight excluding hydrogens is 530 g/mol. The number of nitrogens with two attached hydrogens (primary N) is 1. The minimum absolute atomic E-state index is 0.191. The predicted octanol–water partition coefficient (Wildman–Crippen LogP) is 4.03. The second-order valence-corrected chi connectivity index (χ2v) is 9.37. The molecule has 0 aliphatic heterocycles. The SMILES string of the molecule is NNC(=O)c1cc(-c2ccc(C#Cc3ccc(C(=O)N(CC(=O)O)Cc4ccccc4)cc3)cc2)nc2ccncc12. The first kappa shape index (κ1) is 27.7. The average molecular weight is 556 g/mol. The van der Waals surface area contributed by atoms with Gasteiger partial charge in [-0.25, -0.2) is 10.8 Å². The van der Waals surface area contributed by atoms with Crippen molar-refractivity contribution in [3.63, 3.8) is 0 Å². The number of amides is 2. The Morgan fingerprint density at radius 3 is 2.19 bits per heavy atom. The van der Waals surface area contributed by atoms with Crippen LogP contribution in [0.1, 0.15) is 37.4 Å². The molecule has 0 saturated heterocycles. The maximum Gasteiger partial charge on any atom is 0.323 e. The first-order chi connectivity index (χ1) is 20.4. The lowest BCUT2D eigenvalue weighted by Crippen LogP contribution is -2.35. The van der Waals surface area contributed by atoms with E-state index in [-0.39, 0.29) is 12.5 Å². The van der Waals surface area contributed by atoms with E-state index >= 15 is 0 Å². The van der Waals surface area contributed by atoms with Crippen LogP contribution in [0, 0.1) is 11.8 Å². The Labute approximate surface area is 241 Å². The Kier molecular flexibility index (Phi) is 8.28. The summed E-state index contributed by atoms with van der Waals surface area (Å²) < 4.78 is 0. The molecule has 0 aliphatic carbocycles. The molecule has 0 fully saturated rings. The number of benzene rings is 3. The highest BCUT2D eigenvalue weighted by Crippen LogP contribution is 2.24. The second kappa shape index (κ2) is 12.6. The molecule has 4 N–H and O–H groups in total. The van der Waals surface area contributed by atoms with Crippen molar-refractivity contribution in [2.45, 2.75) is 6.54 Å². The molecule has 0 radical (unpaired) electrons. The molecular formula is C33H25N5O4. The highest BCUT2D eigenvalue weighted by atomic mass is 16.4. The summed E-state index contributed by atoms with van der Waals surface area (Å²) in [6.45, 7) is -0.213. The summed E-state index contributed by atoms with van der Waals surface area (Å²) in [5.41, 5.74) is 7.26. The van der Waals surface area contributed by atoms with Crippen molar-refractivity contribution in [2.24, 2.45) is 5.84 Å². The van der Waals surface area contributed by atoms with E-state index in [1.807, 2.05) is 54.6 Å². The second-order valence-electron chi connectivity index (χ2n) is 9.37. The average Bonchev–Trinajstić information content (AvgIpc) is 3.03. The lowest BCUT2D eigenvalue weighted by molar-refractivity contribution is -0.137. The number of carbonyl (C=O) groups excluding carboxylic acids is 2. The Hall–Kier alpha value is -5.85. The minimum Gasteiger partial charge on any atom is -0.480 e. The molecule has 3 aromatic carbocycles. The van der Waals surface area contributed by atoms with Gasteiger partial charge in [0.25, 0.3) is 11.8 Å². The number of hydrogen-bond acceptors (Lipinski definition) is 6. The number of hydrogen-bond donors (Lipinski definition) is 3. The third-order valence-corrected chi connectivity index (χ3v) is 6.48. The number of nitrogens with zero attached hydrogens (tertiary/aromatic N) is 3. The first-order valence-corrected chi connectivity index (χ1v) is 12.9. The van der Waals surface area contributed by atoms with Crippen LogP contribution in [0.5, 0.6) is 0 Å². The summed E-state index contributed by atoms with van der Waals surface area (Å²) >= 11 is 0. The number of fused-ring (bicyclic) bond motifs is 1. The van der Waals surface area contributed by atoms with Crippen molar-refractivity contribution >= 4 is 28.7 Å². The molecule has 0 aliphatic rings. The standard InChI is InChI=1S/C33H25N5O4/c34-37-32(41)27-18-30(36-29-16-17-35-19-28(27)29)25-12-8-22(9-13-25)6-7-23-10-14-26(15-11-23)33(42)38(21-31(39)40)20-24-4-2-1-3-5-24/h1-5,8-19H,20-21,34H2,(H,37,41)(H,39,40). The van der Waals surface area contributed by atoms with Crippen LogP contribution in [-0.4, -0.2) is 44.3 Å². The number of carboxylic acids is 1. The van der Waals surface area contributed by atoms with Gasteiger partial charge in [-0.2, -0.15) is 0 Å². The Morgan fingerprint density at radius 2 is 1.55 bits per heavy atom. The number of pyridine rings is 2. The topological polar surface area (TPSA) is 139 Å². The van der Waals surface area contributed by atoms with Crippen LogP contribution in [0.2, 0.25) is 0 Å². The number of carboxylic acid groups (broad SMARTS) is 1. The first-order valence-electron chi connectivity index (χ1n) is 12.9. The summed E-state index contributed by atoms with van der Waals surface area (Å²) in [6, 6.07) is 26.9. The van der Waals surface area contributed by atoms with Crippen molar-refractivity contribution in [1.29, 1.82) is 0 Å². The van der Waals surface area contributed by atoms with Gasteiger partial charge in [0.2, 0.25) is 0 Å². The van der Waals surface area contributed by atoms with Crippen LogP contribution in [0.25, 0.3) is 22.2 Å². The molecule has 42 heavy (non-hydrogen) atoms. The third kappa shape index (κ3) is 6.47. The van der Waals surface area contributed by atoms with Gasteiger partial charge in [-0.15, -0.1) is 0 Å². The van der Waals surface area contributed by atoms with Gasteiger partial charge in [0, 0.05) is 46.6 Å². The van der Waals surface area contributed by atoms with Crippen molar-refractivity contribution in [3.8, 4) is 23.1 Å². The highest BCUT2D eigenvalue weighted by Gasteiger charge is 2.19. The molecule has 0 unspecified atom stereocenters. The van der Waals surface area contributed by atoms with Crippen LogP contribution in [-0.2, 0) is 11.3 Å². The maximum absolute atomic E-state index is 13.1. The normalized spacial score (nSPS) is 10.4. The zero-order valence-electron chi connectivity index (χ0n) is 22.3. The number of hydrazine groups is 1. The van der Waals surface area contributed by atoms with E-state index in [1.54, 1.807) is 48.8 Å². The number of carbonyl (C=O) groups is 3. The fourth-order valence-electron chi connectivity index (χ4n) is 4.40. The number of rotatable bonds is 7. The van der Waals surface area contributed by atoms with Gasteiger partial charge in [-0.1, -0.05) is 54.3 Å². The molecule has 2 amide bonds. The van der Waals surface area contributed by atoms with E-state index in [9.17, 15) is 19.5 Å². The van der Waals surface area contributed by atoms with Gasteiger partial charge >= 0.3 is 5.97 Å². The van der Waals surface area contributed by atoms with Crippen molar-refractivity contribution in [2.75, 3.05) is 6.54 Å². The Morgan fingerprint density at radius 1 is 0.881 bits per heavy atom. The van der Waals surface area contributed by atoms with Crippen molar-refractivity contribution in [3.05, 3.63) is 131 Å². The molecule has 5 rings (SSSR count). The van der Waals surface area contributed by atoms with Crippen LogP contribution in [0.3, 0.4) is 0 Å². The van der Waals surface area contributed by atoms with E-state index in [2.05, 4.69) is 27.2 Å². The smallest absolute Gasteiger partial charge is 0.323 e. The van der Waals surface area contributed by atoms with Crippen molar-refractivity contribution < 1.29 is 19.5 Å². The largest absolute Gasteiger partial charge is 0.480 e. The summed E-state index contributed by atoms with van der Waals surface area (Å²) in [5.74, 6) is 9.68. The van der Waals surface area contributed by atoms with E-state index < -0.39 is 18.4 Å². The number of aromatic nitrogens is 2. The zero-order chi connectivity index (χ0) is 29.5. The maximum atomic E-state index is 13.1. The fraction of sp³-hybridized carbons (Fsp3) is 0.0606. The molecule has 0 saturated carbocycles. The molecule has 0 bridgehead atoms. The Balaban J connectivity index is 1.31. The predicted molar refractivity (Wildman–Crippen MR) is 158 cm³/mol. The van der Waals surface area contributed by atoms with Crippen LogP contribution in [0.4, 0.5) is 0 Å². The fourth-order valence-corrected chi connectivity index (χ4v) is 4.40. The summed E-state index contributed by atoms with van der Waals surface area (Å²) in [7, 11) is 0. The van der Waals surface area contributed by atoms with Gasteiger partial charge in [-0.3, -0.25) is 24.8 Å². The van der Waals surface area contributed by atoms with Gasteiger partial charge in [-0.05, 0) is 54.1 Å². The Bertz CT molecular complexity index is 1830. The van der Waals surface area contributed by atoms with Gasteiger partial charge < -0.3 is 10.0 Å². The van der Waals surface area contributed by atoms with Gasteiger partial charge in [0.1, 0.15) is 6.54 Å². The summed E-state index contributed by atoms with van der Waals surface area (Å²) in [6.07, 6.45) is 3.19. The lowest BCUT2D eigenvalue weighted by Gasteiger charge is -2.21. The minimum atomic E-state index is -1.08. The van der Waals surface area contributed by atoms with Crippen LogP contribution in [0.15, 0.2) is 103 Å². The molecule has 5 aromatic rings. The highest BCUT2D eigenvalue weighted by molar-refractivity contribution is 6.06.